The van der Waals surface area contributed by atoms with E-state index in [-0.39, 0.29) is 29.4 Å². The van der Waals surface area contributed by atoms with Gasteiger partial charge in [0.15, 0.2) is 0 Å². The molecule has 2 rings (SSSR count). The summed E-state index contributed by atoms with van der Waals surface area (Å²) in [5.74, 6) is 0.00438. The molecule has 1 atom stereocenters. The van der Waals surface area contributed by atoms with Gasteiger partial charge in [-0.2, -0.15) is 0 Å². The number of carbonyl (C=O) groups is 2. The Kier molecular flexibility index (Phi) is 3.76. The molecule has 4 heteroatoms. The second-order valence-corrected chi connectivity index (χ2v) is 6.18. The zero-order valence-electron chi connectivity index (χ0n) is 11.7. The number of hydrogen-bond donors (Lipinski definition) is 1. The van der Waals surface area contributed by atoms with Crippen LogP contribution >= 0.6 is 0 Å². The number of amides is 2. The molecule has 0 spiro atoms. The lowest BCUT2D eigenvalue weighted by Gasteiger charge is -2.28. The maximum atomic E-state index is 12.3. The maximum Gasteiger partial charge on any atom is 0.247 e. The molecule has 0 bridgehead atoms. The largest absolute Gasteiger partial charge is 0.300 e. The average Bonchev–Trinajstić information content (AvgIpc) is 2.89. The van der Waals surface area contributed by atoms with Gasteiger partial charge in [0.2, 0.25) is 11.8 Å². The first-order valence-corrected chi connectivity index (χ1v) is 7.08. The highest BCUT2D eigenvalue weighted by atomic mass is 16.2. The van der Waals surface area contributed by atoms with Crippen LogP contribution in [0.25, 0.3) is 0 Å². The Morgan fingerprint density at radius 3 is 2.44 bits per heavy atom. The summed E-state index contributed by atoms with van der Waals surface area (Å²) >= 11 is 0. The molecule has 1 aliphatic carbocycles. The van der Waals surface area contributed by atoms with E-state index in [1.165, 1.54) is 4.90 Å². The molecule has 4 nitrogen and oxygen atoms in total. The summed E-state index contributed by atoms with van der Waals surface area (Å²) in [7, 11) is 0. The molecule has 1 heterocycles. The van der Waals surface area contributed by atoms with Crippen LogP contribution in [-0.4, -0.2) is 34.3 Å². The third kappa shape index (κ3) is 2.58. The van der Waals surface area contributed by atoms with Gasteiger partial charge in [-0.3, -0.25) is 14.5 Å². The van der Waals surface area contributed by atoms with Gasteiger partial charge in [0.25, 0.3) is 0 Å². The SMILES string of the molecule is CCC(C)(C)NC1CC(=O)N(C2CCCC2)C1=O. The smallest absolute Gasteiger partial charge is 0.247 e. The Bertz CT molecular complexity index is 346. The van der Waals surface area contributed by atoms with Crippen LogP contribution in [0.15, 0.2) is 0 Å². The summed E-state index contributed by atoms with van der Waals surface area (Å²) < 4.78 is 0. The minimum Gasteiger partial charge on any atom is -0.300 e. The second kappa shape index (κ2) is 5.00. The van der Waals surface area contributed by atoms with E-state index in [2.05, 4.69) is 26.1 Å². The van der Waals surface area contributed by atoms with Gasteiger partial charge in [-0.05, 0) is 33.1 Å². The van der Waals surface area contributed by atoms with Crippen molar-refractivity contribution in [3.8, 4) is 0 Å². The Morgan fingerprint density at radius 1 is 1.28 bits per heavy atom. The van der Waals surface area contributed by atoms with Gasteiger partial charge in [-0.1, -0.05) is 19.8 Å². The molecule has 18 heavy (non-hydrogen) atoms. The Balaban J connectivity index is 2.04. The van der Waals surface area contributed by atoms with E-state index in [4.69, 9.17) is 0 Å². The Hall–Kier alpha value is -0.900. The van der Waals surface area contributed by atoms with Gasteiger partial charge in [0.1, 0.15) is 0 Å². The fourth-order valence-corrected chi connectivity index (χ4v) is 2.88. The quantitative estimate of drug-likeness (QED) is 0.777. The lowest BCUT2D eigenvalue weighted by molar-refractivity contribution is -0.141. The van der Waals surface area contributed by atoms with Crippen LogP contribution in [0, 0.1) is 0 Å². The summed E-state index contributed by atoms with van der Waals surface area (Å²) in [5, 5.41) is 3.33. The van der Waals surface area contributed by atoms with Crippen molar-refractivity contribution < 1.29 is 9.59 Å². The summed E-state index contributed by atoms with van der Waals surface area (Å²) in [4.78, 5) is 25.9. The van der Waals surface area contributed by atoms with Crippen LogP contribution in [0.4, 0.5) is 0 Å². The minimum absolute atomic E-state index is 0.00609. The molecule has 1 saturated heterocycles. The number of carbonyl (C=O) groups excluding carboxylic acids is 2. The van der Waals surface area contributed by atoms with Crippen LogP contribution < -0.4 is 5.32 Å². The van der Waals surface area contributed by atoms with Crippen molar-refractivity contribution in [3.05, 3.63) is 0 Å². The van der Waals surface area contributed by atoms with Gasteiger partial charge in [-0.25, -0.2) is 0 Å². The number of likely N-dealkylation sites (tertiary alicyclic amines) is 1. The molecule has 2 aliphatic rings. The topological polar surface area (TPSA) is 49.4 Å². The molecule has 0 radical (unpaired) electrons. The van der Waals surface area contributed by atoms with Crippen LogP contribution in [0.3, 0.4) is 0 Å². The zero-order valence-corrected chi connectivity index (χ0v) is 11.7. The van der Waals surface area contributed by atoms with E-state index in [0.717, 1.165) is 32.1 Å². The Morgan fingerprint density at radius 2 is 1.89 bits per heavy atom. The third-order valence-corrected chi connectivity index (χ3v) is 4.32. The molecule has 1 unspecified atom stereocenters. The molecule has 1 N–H and O–H groups in total. The summed E-state index contributed by atoms with van der Waals surface area (Å²) in [6, 6.07) is -0.144. The number of nitrogens with zero attached hydrogens (tertiary/aromatic N) is 1. The fourth-order valence-electron chi connectivity index (χ4n) is 2.88. The van der Waals surface area contributed by atoms with Gasteiger partial charge in [-0.15, -0.1) is 0 Å². The molecule has 0 aromatic carbocycles. The van der Waals surface area contributed by atoms with E-state index < -0.39 is 0 Å². The molecule has 2 amide bonds. The van der Waals surface area contributed by atoms with Crippen molar-refractivity contribution in [1.82, 2.24) is 10.2 Å². The number of imide groups is 1. The molecular weight excluding hydrogens is 228 g/mol. The van der Waals surface area contributed by atoms with Gasteiger partial charge in [0, 0.05) is 11.6 Å². The van der Waals surface area contributed by atoms with Crippen molar-refractivity contribution >= 4 is 11.8 Å². The summed E-state index contributed by atoms with van der Waals surface area (Å²) in [5.41, 5.74) is -0.0910. The van der Waals surface area contributed by atoms with Crippen molar-refractivity contribution in [2.24, 2.45) is 0 Å². The third-order valence-electron chi connectivity index (χ3n) is 4.32. The molecule has 1 aliphatic heterocycles. The van der Waals surface area contributed by atoms with Gasteiger partial charge < -0.3 is 5.32 Å². The highest BCUT2D eigenvalue weighted by Crippen LogP contribution is 2.28. The van der Waals surface area contributed by atoms with E-state index in [0.29, 0.717) is 6.42 Å². The van der Waals surface area contributed by atoms with Crippen LogP contribution in [0.5, 0.6) is 0 Å². The normalized spacial score (nSPS) is 26.4. The molecule has 0 aromatic rings. The average molecular weight is 252 g/mol. The number of rotatable bonds is 4. The predicted octanol–water partition coefficient (Wildman–Crippen LogP) is 1.83. The van der Waals surface area contributed by atoms with Crippen molar-refractivity contribution in [1.29, 1.82) is 0 Å². The first kappa shape index (κ1) is 13.5. The van der Waals surface area contributed by atoms with E-state index in [9.17, 15) is 9.59 Å². The fraction of sp³-hybridized carbons (Fsp3) is 0.857. The van der Waals surface area contributed by atoms with E-state index in [1.54, 1.807) is 0 Å². The highest BCUT2D eigenvalue weighted by Gasteiger charge is 2.44. The van der Waals surface area contributed by atoms with Crippen molar-refractivity contribution in [3.63, 3.8) is 0 Å². The maximum absolute atomic E-state index is 12.3. The lowest BCUT2D eigenvalue weighted by Crippen LogP contribution is -2.50. The van der Waals surface area contributed by atoms with Crippen LogP contribution in [0.1, 0.15) is 59.3 Å². The Labute approximate surface area is 109 Å². The van der Waals surface area contributed by atoms with Gasteiger partial charge >= 0.3 is 0 Å². The predicted molar refractivity (Wildman–Crippen MR) is 70.0 cm³/mol. The standard InChI is InChI=1S/C14H24N2O2/c1-4-14(2,3)15-11-9-12(17)16(13(11)18)10-7-5-6-8-10/h10-11,15H,4-9H2,1-3H3. The molecule has 2 fully saturated rings. The van der Waals surface area contributed by atoms with Gasteiger partial charge in [0.05, 0.1) is 12.5 Å². The van der Waals surface area contributed by atoms with E-state index in [1.807, 2.05) is 0 Å². The zero-order chi connectivity index (χ0) is 13.3. The second-order valence-electron chi connectivity index (χ2n) is 6.18. The minimum atomic E-state index is -0.312. The molecule has 102 valence electrons. The molecule has 1 saturated carbocycles. The van der Waals surface area contributed by atoms with Crippen molar-refractivity contribution in [2.75, 3.05) is 0 Å². The highest BCUT2D eigenvalue weighted by molar-refractivity contribution is 6.05. The first-order chi connectivity index (χ1) is 8.44. The number of nitrogens with one attached hydrogen (secondary N) is 1. The number of hydrogen-bond acceptors (Lipinski definition) is 3. The monoisotopic (exact) mass is 252 g/mol. The molecule has 0 aromatic heterocycles. The van der Waals surface area contributed by atoms with Crippen LogP contribution in [0.2, 0.25) is 0 Å². The summed E-state index contributed by atoms with van der Waals surface area (Å²) in [6.07, 6.45) is 5.52. The first-order valence-electron chi connectivity index (χ1n) is 7.08. The summed E-state index contributed by atoms with van der Waals surface area (Å²) in [6.45, 7) is 6.23. The van der Waals surface area contributed by atoms with E-state index >= 15 is 0 Å². The molecular formula is C14H24N2O2. The van der Waals surface area contributed by atoms with Crippen LogP contribution in [-0.2, 0) is 9.59 Å². The van der Waals surface area contributed by atoms with Crippen molar-refractivity contribution in [2.45, 2.75) is 76.9 Å². The lowest BCUT2D eigenvalue weighted by atomic mass is 10.00.